The predicted octanol–water partition coefficient (Wildman–Crippen LogP) is 1.52. The van der Waals surface area contributed by atoms with Crippen molar-refractivity contribution >= 4 is 17.0 Å². The largest absolute Gasteiger partial charge is 0.439 e. The average Bonchev–Trinajstić information content (AvgIpc) is 2.96. The van der Waals surface area contributed by atoms with Crippen molar-refractivity contribution in [3.8, 4) is 0 Å². The molecular weight excluding hydrogens is 230 g/mol. The van der Waals surface area contributed by atoms with Crippen LogP contribution in [-0.2, 0) is 6.54 Å². The first-order valence-electron chi connectivity index (χ1n) is 6.14. The summed E-state index contributed by atoms with van der Waals surface area (Å²) >= 11 is 0. The zero-order chi connectivity index (χ0) is 12.5. The lowest BCUT2D eigenvalue weighted by molar-refractivity contribution is 0.100. The van der Waals surface area contributed by atoms with Crippen LogP contribution in [0, 0.1) is 0 Å². The van der Waals surface area contributed by atoms with Crippen LogP contribution in [-0.4, -0.2) is 28.9 Å². The number of aromatic nitrogens is 1. The van der Waals surface area contributed by atoms with Gasteiger partial charge in [-0.1, -0.05) is 6.07 Å². The topological polar surface area (TPSA) is 72.4 Å². The van der Waals surface area contributed by atoms with Gasteiger partial charge in [0.05, 0.1) is 12.1 Å². The fourth-order valence-corrected chi connectivity index (χ4v) is 2.39. The van der Waals surface area contributed by atoms with Crippen molar-refractivity contribution < 1.29 is 9.21 Å². The summed E-state index contributed by atoms with van der Waals surface area (Å²) in [6.45, 7) is 2.87. The van der Waals surface area contributed by atoms with E-state index >= 15 is 0 Å². The quantitative estimate of drug-likeness (QED) is 0.889. The number of hydrogen-bond donors (Lipinski definition) is 1. The molecule has 0 bridgehead atoms. The molecule has 0 atom stereocenters. The van der Waals surface area contributed by atoms with Gasteiger partial charge in [0, 0.05) is 0 Å². The smallest absolute Gasteiger partial charge is 0.251 e. The number of nitrogens with two attached hydrogens (primary N) is 1. The van der Waals surface area contributed by atoms with Crippen molar-refractivity contribution in [2.24, 2.45) is 5.73 Å². The van der Waals surface area contributed by atoms with Gasteiger partial charge >= 0.3 is 0 Å². The number of fused-ring (bicyclic) bond motifs is 1. The molecule has 2 N–H and O–H groups in total. The van der Waals surface area contributed by atoms with E-state index in [9.17, 15) is 4.79 Å². The van der Waals surface area contributed by atoms with Gasteiger partial charge in [-0.15, -0.1) is 0 Å². The van der Waals surface area contributed by atoms with Crippen molar-refractivity contribution in [1.82, 2.24) is 9.88 Å². The van der Waals surface area contributed by atoms with E-state index in [-0.39, 0.29) is 0 Å². The van der Waals surface area contributed by atoms with Crippen LogP contribution < -0.4 is 5.73 Å². The highest BCUT2D eigenvalue weighted by molar-refractivity contribution is 6.03. The monoisotopic (exact) mass is 245 g/mol. The summed E-state index contributed by atoms with van der Waals surface area (Å²) < 4.78 is 5.66. The molecule has 0 unspecified atom stereocenters. The molecular formula is C13H15N3O2. The fraction of sp³-hybridized carbons (Fsp3) is 0.385. The Hall–Kier alpha value is -1.88. The second-order valence-electron chi connectivity index (χ2n) is 4.61. The zero-order valence-corrected chi connectivity index (χ0v) is 10.1. The lowest BCUT2D eigenvalue weighted by atomic mass is 10.2. The van der Waals surface area contributed by atoms with E-state index in [4.69, 9.17) is 10.2 Å². The lowest BCUT2D eigenvalue weighted by Gasteiger charge is -2.10. The third-order valence-electron chi connectivity index (χ3n) is 3.29. The third kappa shape index (κ3) is 1.97. The Bertz CT molecular complexity index is 585. The first-order valence-corrected chi connectivity index (χ1v) is 6.14. The molecule has 18 heavy (non-hydrogen) atoms. The molecule has 1 saturated heterocycles. The zero-order valence-electron chi connectivity index (χ0n) is 10.1. The van der Waals surface area contributed by atoms with Gasteiger partial charge in [-0.25, -0.2) is 4.98 Å². The summed E-state index contributed by atoms with van der Waals surface area (Å²) in [6.07, 6.45) is 2.46. The first-order chi connectivity index (χ1) is 8.74. The number of carbonyl (C=O) groups excluding carboxylic acids is 1. The maximum atomic E-state index is 11.3. The summed E-state index contributed by atoms with van der Waals surface area (Å²) in [4.78, 5) is 18.0. The van der Waals surface area contributed by atoms with Gasteiger partial charge in [-0.2, -0.15) is 0 Å². The standard InChI is InChI=1S/C13H15N3O2/c14-13(17)9-4-3-5-10-12(9)15-11(18-10)8-16-6-1-2-7-16/h3-5H,1-2,6-8H2,(H2,14,17). The second-order valence-corrected chi connectivity index (χ2v) is 4.61. The number of benzene rings is 1. The number of hydrogen-bond acceptors (Lipinski definition) is 4. The van der Waals surface area contributed by atoms with E-state index in [0.717, 1.165) is 13.1 Å². The summed E-state index contributed by atoms with van der Waals surface area (Å²) in [5.74, 6) is 0.183. The Labute approximate surface area is 105 Å². The second kappa shape index (κ2) is 4.42. The molecule has 1 amide bonds. The van der Waals surface area contributed by atoms with Crippen LogP contribution in [0.2, 0.25) is 0 Å². The molecule has 5 nitrogen and oxygen atoms in total. The highest BCUT2D eigenvalue weighted by Crippen LogP contribution is 2.21. The van der Waals surface area contributed by atoms with Crippen LogP contribution in [0.25, 0.3) is 11.1 Å². The van der Waals surface area contributed by atoms with Crippen molar-refractivity contribution in [1.29, 1.82) is 0 Å². The van der Waals surface area contributed by atoms with Crippen LogP contribution >= 0.6 is 0 Å². The van der Waals surface area contributed by atoms with Gasteiger partial charge in [0.2, 0.25) is 5.89 Å². The minimum atomic E-state index is -0.471. The van der Waals surface area contributed by atoms with Gasteiger partial charge < -0.3 is 10.2 Å². The minimum absolute atomic E-state index is 0.420. The molecule has 0 aliphatic carbocycles. The number of primary amides is 1. The van der Waals surface area contributed by atoms with Crippen LogP contribution in [0.3, 0.4) is 0 Å². The summed E-state index contributed by atoms with van der Waals surface area (Å²) in [5, 5.41) is 0. The van der Waals surface area contributed by atoms with E-state index in [1.807, 2.05) is 6.07 Å². The number of oxazole rings is 1. The fourth-order valence-electron chi connectivity index (χ4n) is 2.39. The molecule has 1 aromatic heterocycles. The molecule has 5 heteroatoms. The van der Waals surface area contributed by atoms with Crippen LogP contribution in [0.15, 0.2) is 22.6 Å². The molecule has 1 fully saturated rings. The normalized spacial score (nSPS) is 16.4. The Balaban J connectivity index is 1.94. The predicted molar refractivity (Wildman–Crippen MR) is 67.0 cm³/mol. The molecule has 1 aliphatic heterocycles. The summed E-state index contributed by atoms with van der Waals surface area (Å²) in [7, 11) is 0. The molecule has 3 rings (SSSR count). The van der Waals surface area contributed by atoms with Crippen LogP contribution in [0.4, 0.5) is 0 Å². The van der Waals surface area contributed by atoms with E-state index in [0.29, 0.717) is 29.1 Å². The van der Waals surface area contributed by atoms with Crippen molar-refractivity contribution in [3.63, 3.8) is 0 Å². The Morgan fingerprint density at radius 2 is 2.17 bits per heavy atom. The number of nitrogens with zero attached hydrogens (tertiary/aromatic N) is 2. The maximum Gasteiger partial charge on any atom is 0.251 e. The Kier molecular flexibility index (Phi) is 2.76. The van der Waals surface area contributed by atoms with E-state index in [1.54, 1.807) is 12.1 Å². The molecule has 1 aliphatic rings. The van der Waals surface area contributed by atoms with Crippen LogP contribution in [0.5, 0.6) is 0 Å². The van der Waals surface area contributed by atoms with E-state index < -0.39 is 5.91 Å². The van der Waals surface area contributed by atoms with Crippen molar-refractivity contribution in [3.05, 3.63) is 29.7 Å². The van der Waals surface area contributed by atoms with Gasteiger partial charge in [-0.05, 0) is 38.1 Å². The van der Waals surface area contributed by atoms with Crippen molar-refractivity contribution in [2.45, 2.75) is 19.4 Å². The molecule has 0 spiro atoms. The molecule has 0 radical (unpaired) electrons. The lowest BCUT2D eigenvalue weighted by Crippen LogP contribution is -2.18. The number of rotatable bonds is 3. The average molecular weight is 245 g/mol. The Morgan fingerprint density at radius 1 is 1.39 bits per heavy atom. The summed E-state index contributed by atoms with van der Waals surface area (Å²) in [5.41, 5.74) is 6.94. The van der Waals surface area contributed by atoms with E-state index in [1.165, 1.54) is 12.8 Å². The first kappa shape index (κ1) is 11.2. The number of carbonyl (C=O) groups is 1. The number of para-hydroxylation sites is 1. The summed E-state index contributed by atoms with van der Waals surface area (Å²) in [6, 6.07) is 5.24. The van der Waals surface area contributed by atoms with Gasteiger partial charge in [-0.3, -0.25) is 9.69 Å². The van der Waals surface area contributed by atoms with Crippen LogP contribution in [0.1, 0.15) is 29.1 Å². The Morgan fingerprint density at radius 3 is 2.89 bits per heavy atom. The van der Waals surface area contributed by atoms with Gasteiger partial charge in [0.1, 0.15) is 5.52 Å². The molecule has 1 aromatic carbocycles. The van der Waals surface area contributed by atoms with Gasteiger partial charge in [0.25, 0.3) is 5.91 Å². The third-order valence-corrected chi connectivity index (χ3v) is 3.29. The van der Waals surface area contributed by atoms with Crippen molar-refractivity contribution in [2.75, 3.05) is 13.1 Å². The molecule has 94 valence electrons. The number of amides is 1. The highest BCUT2D eigenvalue weighted by Gasteiger charge is 2.17. The molecule has 2 heterocycles. The van der Waals surface area contributed by atoms with E-state index in [2.05, 4.69) is 9.88 Å². The molecule has 2 aromatic rings. The SMILES string of the molecule is NC(=O)c1cccc2oc(CN3CCCC3)nc12. The molecule has 0 saturated carbocycles. The van der Waals surface area contributed by atoms with Gasteiger partial charge in [0.15, 0.2) is 5.58 Å². The maximum absolute atomic E-state index is 11.3. The minimum Gasteiger partial charge on any atom is -0.439 e. The highest BCUT2D eigenvalue weighted by atomic mass is 16.3. The number of likely N-dealkylation sites (tertiary alicyclic amines) is 1.